The van der Waals surface area contributed by atoms with Gasteiger partial charge in [-0.3, -0.25) is 4.79 Å². The predicted molar refractivity (Wildman–Crippen MR) is 120 cm³/mol. The number of amides is 1. The van der Waals surface area contributed by atoms with Gasteiger partial charge in [0.25, 0.3) is 0 Å². The van der Waals surface area contributed by atoms with E-state index in [1.54, 1.807) is 39.8 Å². The van der Waals surface area contributed by atoms with Gasteiger partial charge in [0.05, 0.1) is 22.3 Å². The van der Waals surface area contributed by atoms with Crippen molar-refractivity contribution in [1.29, 1.82) is 0 Å². The molecule has 1 N–H and O–H groups in total. The van der Waals surface area contributed by atoms with Crippen molar-refractivity contribution in [2.24, 2.45) is 5.92 Å². The minimum atomic E-state index is -3.63. The summed E-state index contributed by atoms with van der Waals surface area (Å²) in [6.07, 6.45) is 2.40. The zero-order chi connectivity index (χ0) is 23.8. The highest BCUT2D eigenvalue weighted by atomic mass is 32.2. The van der Waals surface area contributed by atoms with Crippen LogP contribution in [0.5, 0.6) is 0 Å². The molecule has 2 aromatic carbocycles. The predicted octanol–water partition coefficient (Wildman–Crippen LogP) is 3.48. The standard InChI is InChI=1S/C23H26F2N4O3S/c1-15(2)22(29-14-26-20-12-18(24)19(25)13-21(20)29)23(30)28-10-8-16(9-11-28)27-33(31,32)17-6-4-3-5-7-17/h3-7,12-16,22,27H,8-11H2,1-2H3. The number of hydrogen-bond acceptors (Lipinski definition) is 4. The number of nitrogens with zero attached hydrogens (tertiary/aromatic N) is 3. The molecule has 0 aliphatic carbocycles. The van der Waals surface area contributed by atoms with Crippen LogP contribution in [0.2, 0.25) is 0 Å². The Morgan fingerprint density at radius 1 is 1.09 bits per heavy atom. The Morgan fingerprint density at radius 3 is 2.36 bits per heavy atom. The maximum atomic E-state index is 13.9. The van der Waals surface area contributed by atoms with Gasteiger partial charge in [-0.15, -0.1) is 0 Å². The third kappa shape index (κ3) is 4.77. The van der Waals surface area contributed by atoms with E-state index in [2.05, 4.69) is 9.71 Å². The Morgan fingerprint density at radius 2 is 1.73 bits per heavy atom. The number of piperidine rings is 1. The van der Waals surface area contributed by atoms with Gasteiger partial charge < -0.3 is 9.47 Å². The highest BCUT2D eigenvalue weighted by Gasteiger charge is 2.33. The lowest BCUT2D eigenvalue weighted by Gasteiger charge is -2.35. The Bertz CT molecular complexity index is 1250. The maximum absolute atomic E-state index is 13.9. The Kier molecular flexibility index (Phi) is 6.49. The summed E-state index contributed by atoms with van der Waals surface area (Å²) in [5.41, 5.74) is 0.632. The first-order chi connectivity index (χ1) is 15.7. The van der Waals surface area contributed by atoms with Gasteiger partial charge in [-0.05, 0) is 30.9 Å². The van der Waals surface area contributed by atoms with Crippen molar-refractivity contribution in [3.63, 3.8) is 0 Å². The zero-order valence-corrected chi connectivity index (χ0v) is 19.2. The molecule has 0 bridgehead atoms. The average molecular weight is 477 g/mol. The summed E-state index contributed by atoms with van der Waals surface area (Å²) in [7, 11) is -3.63. The highest BCUT2D eigenvalue weighted by Crippen LogP contribution is 2.28. The van der Waals surface area contributed by atoms with Gasteiger partial charge in [0, 0.05) is 31.3 Å². The maximum Gasteiger partial charge on any atom is 0.245 e. The van der Waals surface area contributed by atoms with Crippen molar-refractivity contribution < 1.29 is 22.0 Å². The number of rotatable bonds is 6. The quantitative estimate of drug-likeness (QED) is 0.590. The molecule has 0 spiro atoms. The van der Waals surface area contributed by atoms with Gasteiger partial charge in [-0.1, -0.05) is 32.0 Å². The smallest absolute Gasteiger partial charge is 0.245 e. The highest BCUT2D eigenvalue weighted by molar-refractivity contribution is 7.89. The number of hydrogen-bond donors (Lipinski definition) is 1. The van der Waals surface area contributed by atoms with Crippen molar-refractivity contribution >= 4 is 27.0 Å². The van der Waals surface area contributed by atoms with Gasteiger partial charge in [0.2, 0.25) is 15.9 Å². The molecule has 2 heterocycles. The number of likely N-dealkylation sites (tertiary alicyclic amines) is 1. The summed E-state index contributed by atoms with van der Waals surface area (Å²) in [6, 6.07) is 9.34. The molecule has 1 unspecified atom stereocenters. The number of sulfonamides is 1. The molecule has 1 aliphatic rings. The van der Waals surface area contributed by atoms with Gasteiger partial charge in [0.15, 0.2) is 11.6 Å². The lowest BCUT2D eigenvalue weighted by Crippen LogP contribution is -2.48. The minimum absolute atomic E-state index is 0.127. The van der Waals surface area contributed by atoms with Crippen LogP contribution >= 0.6 is 0 Å². The second kappa shape index (κ2) is 9.18. The molecule has 10 heteroatoms. The molecule has 4 rings (SSSR count). The fraction of sp³-hybridized carbons (Fsp3) is 0.391. The Hall–Kier alpha value is -2.85. The van der Waals surface area contributed by atoms with Crippen molar-refractivity contribution in [1.82, 2.24) is 19.2 Å². The summed E-state index contributed by atoms with van der Waals surface area (Å²) < 4.78 is 56.9. The number of imidazole rings is 1. The molecular formula is C23H26F2N4O3S. The van der Waals surface area contributed by atoms with Gasteiger partial charge in [-0.25, -0.2) is 26.9 Å². The first-order valence-corrected chi connectivity index (χ1v) is 12.3. The molecule has 176 valence electrons. The molecule has 1 saturated heterocycles. The van der Waals surface area contributed by atoms with E-state index in [0.717, 1.165) is 12.1 Å². The van der Waals surface area contributed by atoms with Gasteiger partial charge >= 0.3 is 0 Å². The Labute approximate surface area is 191 Å². The van der Waals surface area contributed by atoms with E-state index in [0.29, 0.717) is 31.4 Å². The van der Waals surface area contributed by atoms with E-state index in [1.165, 1.54) is 6.33 Å². The molecule has 1 amide bonds. The first-order valence-electron chi connectivity index (χ1n) is 10.8. The molecule has 1 aliphatic heterocycles. The van der Waals surface area contributed by atoms with Crippen LogP contribution in [0.15, 0.2) is 53.7 Å². The topological polar surface area (TPSA) is 84.3 Å². The summed E-state index contributed by atoms with van der Waals surface area (Å²) >= 11 is 0. The lowest BCUT2D eigenvalue weighted by atomic mass is 9.99. The zero-order valence-electron chi connectivity index (χ0n) is 18.4. The fourth-order valence-electron chi connectivity index (χ4n) is 4.26. The van der Waals surface area contributed by atoms with Crippen molar-refractivity contribution in [2.45, 2.75) is 43.7 Å². The van der Waals surface area contributed by atoms with Crippen LogP contribution in [-0.2, 0) is 14.8 Å². The van der Waals surface area contributed by atoms with E-state index >= 15 is 0 Å². The normalized spacial score (nSPS) is 16.5. The van der Waals surface area contributed by atoms with Crippen LogP contribution in [0.3, 0.4) is 0 Å². The molecule has 1 aromatic heterocycles. The van der Waals surface area contributed by atoms with Crippen molar-refractivity contribution in [3.05, 3.63) is 60.4 Å². The van der Waals surface area contributed by atoms with E-state index in [1.807, 2.05) is 13.8 Å². The van der Waals surface area contributed by atoms with Crippen molar-refractivity contribution in [3.8, 4) is 0 Å². The van der Waals surface area contributed by atoms with Gasteiger partial charge in [-0.2, -0.15) is 0 Å². The second-order valence-corrected chi connectivity index (χ2v) is 10.3. The number of nitrogens with one attached hydrogen (secondary N) is 1. The van der Waals surface area contributed by atoms with Crippen LogP contribution in [0.25, 0.3) is 11.0 Å². The van der Waals surface area contributed by atoms with Crippen LogP contribution in [-0.4, -0.2) is 47.9 Å². The van der Waals surface area contributed by atoms with Crippen LogP contribution in [0.4, 0.5) is 8.78 Å². The fourth-order valence-corrected chi connectivity index (χ4v) is 5.59. The van der Waals surface area contributed by atoms with Crippen LogP contribution < -0.4 is 4.72 Å². The largest absolute Gasteiger partial charge is 0.341 e. The number of carbonyl (C=O) groups is 1. The van der Waals surface area contributed by atoms with E-state index < -0.39 is 27.7 Å². The molecule has 1 atom stereocenters. The van der Waals surface area contributed by atoms with E-state index in [4.69, 9.17) is 0 Å². The molecule has 7 nitrogen and oxygen atoms in total. The number of benzene rings is 2. The van der Waals surface area contributed by atoms with Crippen LogP contribution in [0.1, 0.15) is 32.7 Å². The average Bonchev–Trinajstić information content (AvgIpc) is 3.17. The summed E-state index contributed by atoms with van der Waals surface area (Å²) in [4.78, 5) is 19.5. The minimum Gasteiger partial charge on any atom is -0.341 e. The molecular weight excluding hydrogens is 450 g/mol. The third-order valence-corrected chi connectivity index (χ3v) is 7.52. The number of aromatic nitrogens is 2. The second-order valence-electron chi connectivity index (χ2n) is 8.63. The number of halogens is 2. The molecule has 3 aromatic rings. The van der Waals surface area contributed by atoms with E-state index in [-0.39, 0.29) is 28.3 Å². The van der Waals surface area contributed by atoms with Gasteiger partial charge in [0.1, 0.15) is 6.04 Å². The molecule has 0 radical (unpaired) electrons. The monoisotopic (exact) mass is 476 g/mol. The van der Waals surface area contributed by atoms with Crippen LogP contribution in [0, 0.1) is 17.6 Å². The summed E-state index contributed by atoms with van der Waals surface area (Å²) in [6.45, 7) is 4.54. The third-order valence-electron chi connectivity index (χ3n) is 5.98. The molecule has 0 saturated carbocycles. The Balaban J connectivity index is 1.47. The molecule has 1 fully saturated rings. The number of carbonyl (C=O) groups excluding carboxylic acids is 1. The van der Waals surface area contributed by atoms with Crippen molar-refractivity contribution in [2.75, 3.05) is 13.1 Å². The SMILES string of the molecule is CC(C)C(C(=O)N1CCC(NS(=O)(=O)c2ccccc2)CC1)n1cnc2cc(F)c(F)cc21. The number of fused-ring (bicyclic) bond motifs is 1. The lowest BCUT2D eigenvalue weighted by molar-refractivity contribution is -0.137. The summed E-state index contributed by atoms with van der Waals surface area (Å²) in [5.74, 6) is -2.26. The first kappa shape index (κ1) is 23.3. The summed E-state index contributed by atoms with van der Waals surface area (Å²) in [5, 5.41) is 0. The van der Waals surface area contributed by atoms with E-state index in [9.17, 15) is 22.0 Å². The molecule has 33 heavy (non-hydrogen) atoms.